The molecular formula is C15H12N4O4. The van der Waals surface area contributed by atoms with Crippen molar-refractivity contribution >= 4 is 0 Å². The van der Waals surface area contributed by atoms with Gasteiger partial charge in [-0.25, -0.2) is 4.79 Å². The highest BCUT2D eigenvalue weighted by Crippen LogP contribution is 2.41. The summed E-state index contributed by atoms with van der Waals surface area (Å²) < 4.78 is 10.5. The van der Waals surface area contributed by atoms with E-state index in [0.717, 1.165) is 0 Å². The summed E-state index contributed by atoms with van der Waals surface area (Å²) in [6.45, 7) is 0. The number of aromatic amines is 2. The van der Waals surface area contributed by atoms with Gasteiger partial charge in [0.15, 0.2) is 0 Å². The highest BCUT2D eigenvalue weighted by Gasteiger charge is 2.35. The fraction of sp³-hybridized carbons (Fsp3) is 0.133. The van der Waals surface area contributed by atoms with Gasteiger partial charge in [-0.1, -0.05) is 18.2 Å². The second-order valence-corrected chi connectivity index (χ2v) is 4.82. The van der Waals surface area contributed by atoms with E-state index in [-0.39, 0.29) is 22.9 Å². The zero-order chi connectivity index (χ0) is 16.6. The van der Waals surface area contributed by atoms with Gasteiger partial charge < -0.3 is 15.2 Å². The first-order chi connectivity index (χ1) is 11.1. The van der Waals surface area contributed by atoms with E-state index >= 15 is 0 Å². The molecule has 1 aliphatic rings. The summed E-state index contributed by atoms with van der Waals surface area (Å²) in [5.74, 6) is -0.569. The lowest BCUT2D eigenvalue weighted by Gasteiger charge is -2.25. The van der Waals surface area contributed by atoms with Gasteiger partial charge in [-0.15, -0.1) is 0 Å². The summed E-state index contributed by atoms with van der Waals surface area (Å²) in [4.78, 5) is 28.2. The molecule has 0 spiro atoms. The van der Waals surface area contributed by atoms with Crippen molar-refractivity contribution in [1.29, 1.82) is 5.26 Å². The molecule has 4 N–H and O–H groups in total. The third-order valence-corrected chi connectivity index (χ3v) is 3.57. The number of nitriles is 1. The number of methoxy groups -OCH3 is 1. The quantitative estimate of drug-likeness (QED) is 0.729. The summed E-state index contributed by atoms with van der Waals surface area (Å²) in [6.07, 6.45) is 0. The number of rotatable bonds is 2. The molecule has 116 valence electrons. The zero-order valence-corrected chi connectivity index (χ0v) is 12.0. The average Bonchev–Trinajstić information content (AvgIpc) is 2.53. The minimum Gasteiger partial charge on any atom is -0.496 e. The topological polar surface area (TPSA) is 134 Å². The Bertz CT molecular complexity index is 964. The van der Waals surface area contributed by atoms with Crippen molar-refractivity contribution in [1.82, 2.24) is 9.97 Å². The number of nitrogens with zero attached hydrogens (tertiary/aromatic N) is 1. The highest BCUT2D eigenvalue weighted by molar-refractivity contribution is 5.55. The molecule has 0 aliphatic carbocycles. The number of hydrogen-bond acceptors (Lipinski definition) is 6. The van der Waals surface area contributed by atoms with Crippen LogP contribution in [0.2, 0.25) is 0 Å². The predicted molar refractivity (Wildman–Crippen MR) is 80.0 cm³/mol. The number of para-hydroxylation sites is 1. The van der Waals surface area contributed by atoms with Gasteiger partial charge in [0, 0.05) is 5.56 Å². The van der Waals surface area contributed by atoms with E-state index in [0.29, 0.717) is 11.3 Å². The molecule has 2 aromatic rings. The lowest BCUT2D eigenvalue weighted by Crippen LogP contribution is -2.33. The Kier molecular flexibility index (Phi) is 3.38. The van der Waals surface area contributed by atoms with Crippen LogP contribution < -0.4 is 26.5 Å². The number of hydrogen-bond donors (Lipinski definition) is 3. The zero-order valence-electron chi connectivity index (χ0n) is 12.0. The van der Waals surface area contributed by atoms with Gasteiger partial charge in [0.1, 0.15) is 17.4 Å². The molecule has 1 aromatic heterocycles. The largest absolute Gasteiger partial charge is 0.496 e. The average molecular weight is 312 g/mol. The van der Waals surface area contributed by atoms with Crippen LogP contribution in [0.4, 0.5) is 0 Å². The molecule has 0 saturated carbocycles. The number of H-pyrrole nitrogens is 2. The molecule has 1 atom stereocenters. The first-order valence-corrected chi connectivity index (χ1v) is 6.63. The van der Waals surface area contributed by atoms with Crippen molar-refractivity contribution in [2.45, 2.75) is 5.92 Å². The van der Waals surface area contributed by atoms with E-state index in [1.54, 1.807) is 24.3 Å². The van der Waals surface area contributed by atoms with E-state index in [2.05, 4.69) is 9.97 Å². The van der Waals surface area contributed by atoms with Gasteiger partial charge >= 0.3 is 5.69 Å². The van der Waals surface area contributed by atoms with Gasteiger partial charge in [-0.3, -0.25) is 14.8 Å². The first kappa shape index (κ1) is 14.5. The van der Waals surface area contributed by atoms with Gasteiger partial charge in [-0.05, 0) is 6.07 Å². The molecular weight excluding hydrogens is 300 g/mol. The molecule has 0 unspecified atom stereocenters. The maximum absolute atomic E-state index is 12.3. The molecule has 8 heteroatoms. The normalized spacial score (nSPS) is 16.3. The van der Waals surface area contributed by atoms with Gasteiger partial charge in [0.2, 0.25) is 11.8 Å². The first-order valence-electron chi connectivity index (χ1n) is 6.63. The van der Waals surface area contributed by atoms with E-state index in [9.17, 15) is 14.9 Å². The SMILES string of the molecule is COc1ccccc1[C@@H]1C(C#N)=C(N)Oc2[nH]c(=O)[nH]c(=O)c21. The summed E-state index contributed by atoms with van der Waals surface area (Å²) in [7, 11) is 1.48. The lowest BCUT2D eigenvalue weighted by atomic mass is 9.84. The standard InChI is InChI=1S/C15H12N4O4/c1-22-9-5-3-2-4-7(9)10-8(6-16)12(17)23-14-11(10)13(20)18-15(21)19-14/h2-5,10H,17H2,1H3,(H2,18,19,20,21)/t10-/m1/s1. The van der Waals surface area contributed by atoms with Crippen molar-refractivity contribution < 1.29 is 9.47 Å². The maximum atomic E-state index is 12.3. The number of aromatic nitrogens is 2. The Morgan fingerprint density at radius 2 is 2.04 bits per heavy atom. The number of benzene rings is 1. The van der Waals surface area contributed by atoms with E-state index in [1.165, 1.54) is 7.11 Å². The molecule has 0 fully saturated rings. The number of nitrogens with one attached hydrogen (secondary N) is 2. The van der Waals surface area contributed by atoms with Crippen LogP contribution in [0.3, 0.4) is 0 Å². The minimum atomic E-state index is -0.805. The lowest BCUT2D eigenvalue weighted by molar-refractivity contribution is 0.369. The van der Waals surface area contributed by atoms with Crippen LogP contribution in [-0.4, -0.2) is 17.1 Å². The summed E-state index contributed by atoms with van der Waals surface area (Å²) in [6, 6.07) is 8.90. The molecule has 0 amide bonds. The third-order valence-electron chi connectivity index (χ3n) is 3.57. The number of allylic oxidation sites excluding steroid dienone is 1. The maximum Gasteiger partial charge on any atom is 0.328 e. The molecule has 23 heavy (non-hydrogen) atoms. The third kappa shape index (κ3) is 2.24. The molecule has 3 rings (SSSR count). The van der Waals surface area contributed by atoms with Crippen molar-refractivity contribution in [3.63, 3.8) is 0 Å². The van der Waals surface area contributed by atoms with Crippen LogP contribution in [0, 0.1) is 11.3 Å². The van der Waals surface area contributed by atoms with Crippen LogP contribution in [-0.2, 0) is 0 Å². The molecule has 8 nitrogen and oxygen atoms in total. The van der Waals surface area contributed by atoms with E-state index in [1.807, 2.05) is 6.07 Å². The van der Waals surface area contributed by atoms with Gasteiger partial charge in [-0.2, -0.15) is 5.26 Å². The molecule has 0 radical (unpaired) electrons. The van der Waals surface area contributed by atoms with E-state index in [4.69, 9.17) is 15.2 Å². The summed E-state index contributed by atoms with van der Waals surface area (Å²) in [5.41, 5.74) is 5.14. The predicted octanol–water partition coefficient (Wildman–Crippen LogP) is 0.290. The second kappa shape index (κ2) is 5.38. The number of ether oxygens (including phenoxy) is 2. The highest BCUT2D eigenvalue weighted by atomic mass is 16.5. The summed E-state index contributed by atoms with van der Waals surface area (Å²) in [5, 5.41) is 9.43. The van der Waals surface area contributed by atoms with Crippen LogP contribution in [0.25, 0.3) is 0 Å². The van der Waals surface area contributed by atoms with Crippen molar-refractivity contribution in [3.05, 3.63) is 67.7 Å². The van der Waals surface area contributed by atoms with Gasteiger partial charge in [0.25, 0.3) is 5.56 Å². The molecule has 0 saturated heterocycles. The van der Waals surface area contributed by atoms with E-state index < -0.39 is 17.2 Å². The molecule has 2 heterocycles. The van der Waals surface area contributed by atoms with Crippen molar-refractivity contribution in [3.8, 4) is 17.7 Å². The van der Waals surface area contributed by atoms with Gasteiger partial charge in [0.05, 0.1) is 18.6 Å². The molecule has 1 aromatic carbocycles. The summed E-state index contributed by atoms with van der Waals surface area (Å²) >= 11 is 0. The monoisotopic (exact) mass is 312 g/mol. The Labute approximate surface area is 129 Å². The van der Waals surface area contributed by atoms with Crippen LogP contribution >= 0.6 is 0 Å². The molecule has 1 aliphatic heterocycles. The number of nitrogens with two attached hydrogens (primary N) is 1. The fourth-order valence-corrected chi connectivity index (χ4v) is 2.61. The fourth-order valence-electron chi connectivity index (χ4n) is 2.61. The molecule has 0 bridgehead atoms. The second-order valence-electron chi connectivity index (χ2n) is 4.82. The minimum absolute atomic E-state index is 0.0690. The smallest absolute Gasteiger partial charge is 0.328 e. The van der Waals surface area contributed by atoms with Crippen molar-refractivity contribution in [2.24, 2.45) is 5.73 Å². The van der Waals surface area contributed by atoms with Crippen LogP contribution in [0.5, 0.6) is 11.6 Å². The van der Waals surface area contributed by atoms with Crippen molar-refractivity contribution in [2.75, 3.05) is 7.11 Å². The Morgan fingerprint density at radius 3 is 2.74 bits per heavy atom. The van der Waals surface area contributed by atoms with Crippen LogP contribution in [0.15, 0.2) is 45.3 Å². The Balaban J connectivity index is 2.37. The number of fused-ring (bicyclic) bond motifs is 1. The Hall–Kier alpha value is -3.47. The Morgan fingerprint density at radius 1 is 1.30 bits per heavy atom. The van der Waals surface area contributed by atoms with Crippen LogP contribution in [0.1, 0.15) is 17.0 Å².